The first-order valence-electron chi connectivity index (χ1n) is 10.4. The monoisotopic (exact) mass is 409 g/mol. The van der Waals surface area contributed by atoms with Gasteiger partial charge in [-0.05, 0) is 41.3 Å². The first kappa shape index (κ1) is 19.2. The number of phenols is 1. The summed E-state index contributed by atoms with van der Waals surface area (Å²) in [6.07, 6.45) is 0. The number of para-hydroxylation sites is 1. The normalized spacial score (nSPS) is 13.5. The molecule has 3 aromatic carbocycles. The van der Waals surface area contributed by atoms with Gasteiger partial charge in [-0.25, -0.2) is 4.98 Å². The average molecular weight is 409 g/mol. The Bertz CT molecular complexity index is 1300. The molecule has 5 nitrogen and oxygen atoms in total. The van der Waals surface area contributed by atoms with E-state index in [4.69, 9.17) is 9.72 Å². The first-order chi connectivity index (χ1) is 15.0. The van der Waals surface area contributed by atoms with Crippen molar-refractivity contribution in [3.63, 3.8) is 0 Å². The lowest BCUT2D eigenvalue weighted by Crippen LogP contribution is -2.14. The van der Waals surface area contributed by atoms with E-state index in [0.717, 1.165) is 11.1 Å². The summed E-state index contributed by atoms with van der Waals surface area (Å²) < 4.78 is 5.66. The van der Waals surface area contributed by atoms with Gasteiger partial charge < -0.3 is 9.84 Å². The summed E-state index contributed by atoms with van der Waals surface area (Å²) in [6, 6.07) is 22.0. The fraction of sp³-hybridized carbons (Fsp3) is 0.192. The van der Waals surface area contributed by atoms with Gasteiger partial charge in [0.05, 0.1) is 12.2 Å². The number of aromatic nitrogens is 3. The van der Waals surface area contributed by atoms with Crippen LogP contribution in [0.4, 0.5) is 0 Å². The van der Waals surface area contributed by atoms with Crippen molar-refractivity contribution in [1.82, 2.24) is 15.0 Å². The summed E-state index contributed by atoms with van der Waals surface area (Å²) in [5, 5.41) is 10.4. The Kier molecular flexibility index (Phi) is 4.47. The Hall–Kier alpha value is -3.73. The van der Waals surface area contributed by atoms with E-state index >= 15 is 0 Å². The highest BCUT2D eigenvalue weighted by Gasteiger charge is 2.37. The minimum absolute atomic E-state index is 0.113. The molecule has 154 valence electrons. The molecule has 1 aliphatic carbocycles. The predicted octanol–water partition coefficient (Wildman–Crippen LogP) is 5.62. The van der Waals surface area contributed by atoms with Crippen molar-refractivity contribution in [2.45, 2.75) is 26.2 Å². The Balaban J connectivity index is 1.77. The zero-order valence-electron chi connectivity index (χ0n) is 17.8. The number of hydrogen-bond acceptors (Lipinski definition) is 5. The van der Waals surface area contributed by atoms with E-state index in [1.54, 1.807) is 18.2 Å². The molecule has 5 rings (SSSR count). The maximum atomic E-state index is 10.4. The molecule has 1 aromatic heterocycles. The third-order valence-corrected chi connectivity index (χ3v) is 5.88. The molecular formula is C26H23N3O2. The van der Waals surface area contributed by atoms with Crippen LogP contribution in [0.3, 0.4) is 0 Å². The molecule has 0 spiro atoms. The van der Waals surface area contributed by atoms with E-state index in [1.807, 2.05) is 25.1 Å². The maximum absolute atomic E-state index is 10.4. The van der Waals surface area contributed by atoms with E-state index < -0.39 is 0 Å². The summed E-state index contributed by atoms with van der Waals surface area (Å²) in [5.74, 6) is 1.03. The van der Waals surface area contributed by atoms with Gasteiger partial charge in [0.2, 0.25) is 0 Å². The molecule has 0 atom stereocenters. The number of hydrogen-bond donors (Lipinski definition) is 1. The molecule has 0 amide bonds. The van der Waals surface area contributed by atoms with E-state index in [2.05, 4.69) is 54.1 Å². The molecule has 5 heteroatoms. The molecule has 1 heterocycles. The van der Waals surface area contributed by atoms with E-state index in [-0.39, 0.29) is 17.2 Å². The molecule has 1 N–H and O–H groups in total. The fourth-order valence-electron chi connectivity index (χ4n) is 4.39. The number of nitrogens with zero attached hydrogens (tertiary/aromatic N) is 3. The highest BCUT2D eigenvalue weighted by atomic mass is 16.5. The summed E-state index contributed by atoms with van der Waals surface area (Å²) in [6.45, 7) is 6.82. The summed E-state index contributed by atoms with van der Waals surface area (Å²) in [4.78, 5) is 13.8. The van der Waals surface area contributed by atoms with E-state index in [0.29, 0.717) is 23.8 Å². The van der Waals surface area contributed by atoms with Crippen molar-refractivity contribution in [3.8, 4) is 45.7 Å². The van der Waals surface area contributed by atoms with Crippen LogP contribution in [-0.4, -0.2) is 26.7 Å². The largest absolute Gasteiger partial charge is 0.507 e. The lowest BCUT2D eigenvalue weighted by molar-refractivity contribution is 0.312. The van der Waals surface area contributed by atoms with Crippen LogP contribution in [0.1, 0.15) is 31.9 Å². The smallest absolute Gasteiger partial charge is 0.320 e. The summed E-state index contributed by atoms with van der Waals surface area (Å²) in [7, 11) is 0. The minimum atomic E-state index is -0.113. The molecule has 31 heavy (non-hydrogen) atoms. The molecule has 0 saturated carbocycles. The Morgan fingerprint density at radius 2 is 1.35 bits per heavy atom. The van der Waals surface area contributed by atoms with Crippen molar-refractivity contribution >= 4 is 0 Å². The van der Waals surface area contributed by atoms with Gasteiger partial charge >= 0.3 is 6.01 Å². The van der Waals surface area contributed by atoms with Gasteiger partial charge in [-0.15, -0.1) is 0 Å². The second-order valence-corrected chi connectivity index (χ2v) is 8.11. The van der Waals surface area contributed by atoms with Crippen LogP contribution in [0.5, 0.6) is 11.8 Å². The quantitative estimate of drug-likeness (QED) is 0.474. The van der Waals surface area contributed by atoms with Gasteiger partial charge in [0.25, 0.3) is 0 Å². The number of phenolic OH excluding ortho intramolecular Hbond substituents is 1. The van der Waals surface area contributed by atoms with Crippen molar-refractivity contribution in [3.05, 3.63) is 77.9 Å². The van der Waals surface area contributed by atoms with Gasteiger partial charge in [-0.2, -0.15) is 9.97 Å². The van der Waals surface area contributed by atoms with Crippen LogP contribution in [0.15, 0.2) is 66.7 Å². The third kappa shape index (κ3) is 3.05. The van der Waals surface area contributed by atoms with Crippen molar-refractivity contribution < 1.29 is 9.84 Å². The second kappa shape index (κ2) is 7.20. The van der Waals surface area contributed by atoms with Gasteiger partial charge in [0.15, 0.2) is 11.6 Å². The van der Waals surface area contributed by atoms with Crippen LogP contribution in [0.2, 0.25) is 0 Å². The van der Waals surface area contributed by atoms with Crippen LogP contribution in [0.25, 0.3) is 33.9 Å². The SMILES string of the molecule is CCOc1nc(-c2ccccc2O)nc(-c2cccc3c2-c2ccccc2C3(C)C)n1. The molecule has 0 bridgehead atoms. The predicted molar refractivity (Wildman–Crippen MR) is 121 cm³/mol. The van der Waals surface area contributed by atoms with Crippen molar-refractivity contribution in [2.75, 3.05) is 6.61 Å². The highest BCUT2D eigenvalue weighted by Crippen LogP contribution is 2.51. The molecule has 4 aromatic rings. The lowest BCUT2D eigenvalue weighted by atomic mass is 9.82. The molecule has 0 aliphatic heterocycles. The van der Waals surface area contributed by atoms with Crippen LogP contribution >= 0.6 is 0 Å². The van der Waals surface area contributed by atoms with Crippen LogP contribution < -0.4 is 4.74 Å². The number of fused-ring (bicyclic) bond motifs is 3. The lowest BCUT2D eigenvalue weighted by Gasteiger charge is -2.21. The van der Waals surface area contributed by atoms with Gasteiger partial charge in [0.1, 0.15) is 5.75 Å². The fourth-order valence-corrected chi connectivity index (χ4v) is 4.39. The topological polar surface area (TPSA) is 68.1 Å². The Labute approximate surface area is 181 Å². The average Bonchev–Trinajstić information content (AvgIpc) is 3.02. The highest BCUT2D eigenvalue weighted by molar-refractivity contribution is 5.91. The zero-order chi connectivity index (χ0) is 21.6. The molecule has 0 unspecified atom stereocenters. The van der Waals surface area contributed by atoms with E-state index in [1.165, 1.54) is 16.7 Å². The molecule has 0 saturated heterocycles. The molecular weight excluding hydrogens is 386 g/mol. The number of aromatic hydroxyl groups is 1. The summed E-state index contributed by atoms with van der Waals surface area (Å²) >= 11 is 0. The molecule has 0 radical (unpaired) electrons. The van der Waals surface area contributed by atoms with Gasteiger partial charge in [0, 0.05) is 11.0 Å². The zero-order valence-corrected chi connectivity index (χ0v) is 17.8. The Morgan fingerprint density at radius 1 is 0.742 bits per heavy atom. The second-order valence-electron chi connectivity index (χ2n) is 8.11. The number of rotatable bonds is 4. The molecule has 1 aliphatic rings. The van der Waals surface area contributed by atoms with Crippen LogP contribution in [0, 0.1) is 0 Å². The third-order valence-electron chi connectivity index (χ3n) is 5.88. The number of benzene rings is 3. The van der Waals surface area contributed by atoms with Crippen molar-refractivity contribution in [1.29, 1.82) is 0 Å². The van der Waals surface area contributed by atoms with Gasteiger partial charge in [-0.1, -0.05) is 68.4 Å². The van der Waals surface area contributed by atoms with Crippen LogP contribution in [-0.2, 0) is 5.41 Å². The van der Waals surface area contributed by atoms with E-state index in [9.17, 15) is 5.11 Å². The summed E-state index contributed by atoms with van der Waals surface area (Å²) in [5.41, 5.74) is 6.22. The van der Waals surface area contributed by atoms with Gasteiger partial charge in [-0.3, -0.25) is 0 Å². The first-order valence-corrected chi connectivity index (χ1v) is 10.4. The molecule has 0 fully saturated rings. The minimum Gasteiger partial charge on any atom is -0.507 e. The maximum Gasteiger partial charge on any atom is 0.320 e. The van der Waals surface area contributed by atoms with Crippen molar-refractivity contribution in [2.24, 2.45) is 0 Å². The number of ether oxygens (including phenoxy) is 1. The standard InChI is InChI=1S/C26H23N3O2/c1-4-31-25-28-23(17-11-6-8-15-21(17)30)27-24(29-25)18-12-9-14-20-22(18)16-10-5-7-13-19(16)26(20,2)3/h5-15,30H,4H2,1-3H3. The Morgan fingerprint density at radius 3 is 2.10 bits per heavy atom.